The topological polar surface area (TPSA) is 62.7 Å². The number of rotatable bonds is 1. The Kier molecular flexibility index (Phi) is 4.48. The summed E-state index contributed by atoms with van der Waals surface area (Å²) in [6.07, 6.45) is 0.251. The van der Waals surface area contributed by atoms with E-state index in [0.717, 1.165) is 23.7 Å². The highest BCUT2D eigenvalue weighted by Gasteiger charge is 2.14. The number of thioether (sulfide) groups is 1. The Morgan fingerprint density at radius 1 is 1.32 bits per heavy atom. The molecule has 0 saturated carbocycles. The lowest BCUT2D eigenvalue weighted by atomic mass is 10.1. The van der Waals surface area contributed by atoms with Gasteiger partial charge >= 0.3 is 6.09 Å². The van der Waals surface area contributed by atoms with Crippen LogP contribution >= 0.6 is 11.8 Å². The number of nitrogens with one attached hydrogen (secondary N) is 2. The lowest BCUT2D eigenvalue weighted by Crippen LogP contribution is -2.42. The lowest BCUT2D eigenvalue weighted by molar-refractivity contribution is 0.150. The SMILES string of the molecule is CCOC(=O)NNC1=Nc2ccc3ccccc3c2SCC1. The number of hydrogen-bond donors (Lipinski definition) is 2. The Morgan fingerprint density at radius 3 is 3.05 bits per heavy atom. The van der Waals surface area contributed by atoms with E-state index in [-0.39, 0.29) is 0 Å². The highest BCUT2D eigenvalue weighted by atomic mass is 32.2. The molecule has 0 aromatic heterocycles. The molecule has 2 N–H and O–H groups in total. The molecule has 0 atom stereocenters. The van der Waals surface area contributed by atoms with Gasteiger partial charge in [0.1, 0.15) is 5.84 Å². The Balaban J connectivity index is 1.85. The fourth-order valence-corrected chi connectivity index (χ4v) is 3.41. The first-order valence-corrected chi connectivity index (χ1v) is 8.17. The minimum atomic E-state index is -0.499. The largest absolute Gasteiger partial charge is 0.449 e. The van der Waals surface area contributed by atoms with Gasteiger partial charge in [-0.1, -0.05) is 30.3 Å². The zero-order valence-electron chi connectivity index (χ0n) is 12.3. The number of amides is 1. The van der Waals surface area contributed by atoms with Crippen LogP contribution in [0.1, 0.15) is 13.3 Å². The summed E-state index contributed by atoms with van der Waals surface area (Å²) >= 11 is 1.79. The quantitative estimate of drug-likeness (QED) is 0.789. The molecule has 6 heteroatoms. The van der Waals surface area contributed by atoms with Gasteiger partial charge in [0, 0.05) is 17.1 Å². The molecule has 0 aliphatic carbocycles. The van der Waals surface area contributed by atoms with Crippen molar-refractivity contribution in [2.24, 2.45) is 4.99 Å². The summed E-state index contributed by atoms with van der Waals surface area (Å²) in [5, 5.41) is 2.43. The normalized spacial score (nSPS) is 13.8. The van der Waals surface area contributed by atoms with Gasteiger partial charge in [0.25, 0.3) is 0 Å². The predicted octanol–water partition coefficient (Wildman–Crippen LogP) is 3.62. The molecule has 0 radical (unpaired) electrons. The van der Waals surface area contributed by atoms with E-state index in [1.807, 2.05) is 18.2 Å². The van der Waals surface area contributed by atoms with Crippen LogP contribution in [0.4, 0.5) is 10.5 Å². The number of ether oxygens (including phenoxy) is 1. The van der Waals surface area contributed by atoms with Crippen LogP contribution in [0.3, 0.4) is 0 Å². The number of carbonyl (C=O) groups is 1. The Bertz CT molecular complexity index is 730. The molecule has 1 aliphatic rings. The molecule has 114 valence electrons. The number of hydrazine groups is 1. The summed E-state index contributed by atoms with van der Waals surface area (Å²) < 4.78 is 4.82. The summed E-state index contributed by atoms with van der Waals surface area (Å²) in [5.41, 5.74) is 6.27. The molecule has 5 nitrogen and oxygen atoms in total. The highest BCUT2D eigenvalue weighted by molar-refractivity contribution is 7.99. The van der Waals surface area contributed by atoms with Gasteiger partial charge in [-0.3, -0.25) is 5.43 Å². The van der Waals surface area contributed by atoms with Crippen molar-refractivity contribution < 1.29 is 9.53 Å². The number of nitrogens with zero attached hydrogens (tertiary/aromatic N) is 1. The van der Waals surface area contributed by atoms with E-state index >= 15 is 0 Å². The summed E-state index contributed by atoms with van der Waals surface area (Å²) in [4.78, 5) is 17.2. The van der Waals surface area contributed by atoms with Crippen LogP contribution in [0.25, 0.3) is 10.8 Å². The van der Waals surface area contributed by atoms with E-state index in [1.165, 1.54) is 15.7 Å². The highest BCUT2D eigenvalue weighted by Crippen LogP contribution is 2.38. The van der Waals surface area contributed by atoms with E-state index in [1.54, 1.807) is 18.7 Å². The zero-order valence-corrected chi connectivity index (χ0v) is 13.1. The van der Waals surface area contributed by atoms with Crippen LogP contribution < -0.4 is 10.9 Å². The predicted molar refractivity (Wildman–Crippen MR) is 89.7 cm³/mol. The molecule has 0 unspecified atom stereocenters. The first-order valence-electron chi connectivity index (χ1n) is 7.19. The molecule has 0 bridgehead atoms. The molecule has 0 saturated heterocycles. The molecule has 1 aliphatic heterocycles. The Labute approximate surface area is 133 Å². The molecule has 3 rings (SSSR count). The number of hydrogen-bond acceptors (Lipinski definition) is 5. The second-order valence-electron chi connectivity index (χ2n) is 4.76. The molecule has 1 heterocycles. The van der Waals surface area contributed by atoms with Crippen molar-refractivity contribution in [3.8, 4) is 0 Å². The standard InChI is InChI=1S/C16H17N3O2S/c1-2-21-16(20)19-18-14-9-10-22-15-12-6-4-3-5-11(12)7-8-13(15)17-14/h3-8H,2,9-10H2,1H3,(H,17,18)(H,19,20). The first kappa shape index (κ1) is 14.7. The van der Waals surface area contributed by atoms with Crippen molar-refractivity contribution in [3.05, 3.63) is 36.4 Å². The third-order valence-electron chi connectivity index (χ3n) is 3.28. The third kappa shape index (κ3) is 3.17. The van der Waals surface area contributed by atoms with Crippen LogP contribution in [-0.2, 0) is 4.74 Å². The van der Waals surface area contributed by atoms with Crippen molar-refractivity contribution in [3.63, 3.8) is 0 Å². The monoisotopic (exact) mass is 315 g/mol. The van der Waals surface area contributed by atoms with Gasteiger partial charge in [0.05, 0.1) is 12.3 Å². The van der Waals surface area contributed by atoms with Crippen molar-refractivity contribution >= 4 is 40.2 Å². The fourth-order valence-electron chi connectivity index (χ4n) is 2.30. The second kappa shape index (κ2) is 6.70. The summed E-state index contributed by atoms with van der Waals surface area (Å²) in [7, 11) is 0. The van der Waals surface area contributed by atoms with Crippen molar-refractivity contribution in [1.82, 2.24) is 10.9 Å². The van der Waals surface area contributed by atoms with Crippen LogP contribution in [0, 0.1) is 0 Å². The van der Waals surface area contributed by atoms with Crippen molar-refractivity contribution in [2.45, 2.75) is 18.2 Å². The molecule has 2 aromatic rings. The first-order chi connectivity index (χ1) is 10.8. The molecular formula is C16H17N3O2S. The molecule has 0 spiro atoms. The number of carbonyl (C=O) groups excluding carboxylic acids is 1. The number of amidine groups is 1. The van der Waals surface area contributed by atoms with E-state index < -0.39 is 6.09 Å². The van der Waals surface area contributed by atoms with Gasteiger partial charge < -0.3 is 4.74 Å². The average molecular weight is 315 g/mol. The van der Waals surface area contributed by atoms with Gasteiger partial charge in [-0.2, -0.15) is 0 Å². The van der Waals surface area contributed by atoms with Gasteiger partial charge in [-0.05, 0) is 23.8 Å². The van der Waals surface area contributed by atoms with E-state index in [0.29, 0.717) is 6.61 Å². The Hall–Kier alpha value is -2.21. The second-order valence-corrected chi connectivity index (χ2v) is 5.87. The molecular weight excluding hydrogens is 298 g/mol. The molecule has 22 heavy (non-hydrogen) atoms. The zero-order chi connectivity index (χ0) is 15.4. The van der Waals surface area contributed by atoms with Crippen LogP contribution in [-0.4, -0.2) is 24.3 Å². The van der Waals surface area contributed by atoms with E-state index in [9.17, 15) is 4.79 Å². The van der Waals surface area contributed by atoms with Crippen molar-refractivity contribution in [1.29, 1.82) is 0 Å². The van der Waals surface area contributed by atoms with Crippen LogP contribution in [0.2, 0.25) is 0 Å². The summed E-state index contributed by atoms with van der Waals surface area (Å²) in [6, 6.07) is 12.4. The summed E-state index contributed by atoms with van der Waals surface area (Å²) in [5.74, 6) is 1.63. The molecule has 1 amide bonds. The van der Waals surface area contributed by atoms with Gasteiger partial charge in [0.2, 0.25) is 0 Å². The van der Waals surface area contributed by atoms with Gasteiger partial charge in [-0.15, -0.1) is 11.8 Å². The minimum absolute atomic E-state index is 0.338. The Morgan fingerprint density at radius 2 is 2.18 bits per heavy atom. The van der Waals surface area contributed by atoms with Crippen LogP contribution in [0.5, 0.6) is 0 Å². The fraction of sp³-hybridized carbons (Fsp3) is 0.250. The molecule has 0 fully saturated rings. The van der Waals surface area contributed by atoms with Crippen LogP contribution in [0.15, 0.2) is 46.3 Å². The maximum absolute atomic E-state index is 11.3. The number of fused-ring (bicyclic) bond motifs is 3. The lowest BCUT2D eigenvalue weighted by Gasteiger charge is -2.09. The molecule has 2 aromatic carbocycles. The maximum Gasteiger partial charge on any atom is 0.425 e. The van der Waals surface area contributed by atoms with E-state index in [4.69, 9.17) is 4.74 Å². The van der Waals surface area contributed by atoms with Gasteiger partial charge in [0.15, 0.2) is 0 Å². The minimum Gasteiger partial charge on any atom is -0.449 e. The maximum atomic E-state index is 11.3. The summed E-state index contributed by atoms with van der Waals surface area (Å²) in [6.45, 7) is 2.10. The number of aliphatic imine (C=N–C) groups is 1. The average Bonchev–Trinajstić information content (AvgIpc) is 2.75. The third-order valence-corrected chi connectivity index (χ3v) is 4.41. The van der Waals surface area contributed by atoms with Gasteiger partial charge in [-0.25, -0.2) is 15.2 Å². The smallest absolute Gasteiger partial charge is 0.425 e. The number of benzene rings is 2. The van der Waals surface area contributed by atoms with E-state index in [2.05, 4.69) is 34.0 Å². The van der Waals surface area contributed by atoms with Crippen molar-refractivity contribution in [2.75, 3.05) is 12.4 Å².